The van der Waals surface area contributed by atoms with E-state index in [2.05, 4.69) is 18.4 Å². The number of aliphatic hydroxyl groups is 1. The Labute approximate surface area is 201 Å². The maximum absolute atomic E-state index is 13.5. The van der Waals surface area contributed by atoms with Crippen molar-refractivity contribution in [2.75, 3.05) is 26.8 Å². The maximum atomic E-state index is 13.5. The summed E-state index contributed by atoms with van der Waals surface area (Å²) in [4.78, 5) is 2.15. The number of ether oxygens (including phenoxy) is 2. The van der Waals surface area contributed by atoms with Crippen LogP contribution in [-0.4, -0.2) is 52.7 Å². The highest BCUT2D eigenvalue weighted by Crippen LogP contribution is 2.32. The first-order valence-electron chi connectivity index (χ1n) is 11.7. The lowest BCUT2D eigenvalue weighted by Gasteiger charge is -2.25. The minimum absolute atomic E-state index is 0.322. The summed E-state index contributed by atoms with van der Waals surface area (Å²) in [6.07, 6.45) is 3.45. The van der Waals surface area contributed by atoms with E-state index in [9.17, 15) is 9.50 Å². The Balaban J connectivity index is 1.99. The fraction of sp³-hybridized carbons (Fsp3) is 0.370. The SMILES string of the molecule is C=CCC[C@@H](O)CN(CCOC)Cc1c(CC)nn(-c2ccccc2)c1Oc1ccc(F)cc1. The van der Waals surface area contributed by atoms with Gasteiger partial charge in [-0.15, -0.1) is 6.58 Å². The van der Waals surface area contributed by atoms with Crippen LogP contribution in [0.2, 0.25) is 0 Å². The van der Waals surface area contributed by atoms with Crippen molar-refractivity contribution < 1.29 is 19.0 Å². The molecule has 1 aromatic heterocycles. The van der Waals surface area contributed by atoms with Gasteiger partial charge < -0.3 is 14.6 Å². The number of nitrogens with zero attached hydrogens (tertiary/aromatic N) is 3. The van der Waals surface area contributed by atoms with E-state index in [4.69, 9.17) is 14.6 Å². The smallest absolute Gasteiger partial charge is 0.227 e. The summed E-state index contributed by atoms with van der Waals surface area (Å²) in [6, 6.07) is 15.7. The first-order chi connectivity index (χ1) is 16.5. The summed E-state index contributed by atoms with van der Waals surface area (Å²) in [5.41, 5.74) is 2.71. The van der Waals surface area contributed by atoms with Gasteiger partial charge in [-0.25, -0.2) is 9.07 Å². The molecule has 2 aromatic carbocycles. The number of para-hydroxylation sites is 1. The zero-order chi connectivity index (χ0) is 24.3. The summed E-state index contributed by atoms with van der Waals surface area (Å²) < 4.78 is 26.9. The zero-order valence-electron chi connectivity index (χ0n) is 20.0. The lowest BCUT2D eigenvalue weighted by atomic mass is 10.1. The standard InChI is InChI=1S/C27H34FN3O3/c1-4-6-12-23(32)19-30(17-18-33-3)20-25-26(5-2)29-31(22-10-8-7-9-11-22)27(25)34-24-15-13-21(28)14-16-24/h4,7-11,13-16,23,32H,1,5-6,12,17-20H2,2-3H3/t23-/m1/s1. The van der Waals surface area contributed by atoms with Crippen molar-refractivity contribution in [1.29, 1.82) is 0 Å². The van der Waals surface area contributed by atoms with Crippen molar-refractivity contribution in [2.45, 2.75) is 38.8 Å². The number of aryl methyl sites for hydroxylation is 1. The van der Waals surface area contributed by atoms with Crippen LogP contribution in [-0.2, 0) is 17.7 Å². The second-order valence-corrected chi connectivity index (χ2v) is 8.14. The third kappa shape index (κ3) is 7.00. The number of methoxy groups -OCH3 is 1. The predicted molar refractivity (Wildman–Crippen MR) is 132 cm³/mol. The molecule has 6 nitrogen and oxygen atoms in total. The van der Waals surface area contributed by atoms with Crippen LogP contribution < -0.4 is 4.74 Å². The summed E-state index contributed by atoms with van der Waals surface area (Å²) in [7, 11) is 1.67. The Hall–Kier alpha value is -3.00. The Morgan fingerprint density at radius 3 is 2.56 bits per heavy atom. The lowest BCUT2D eigenvalue weighted by molar-refractivity contribution is 0.0804. The fourth-order valence-electron chi connectivity index (χ4n) is 3.76. The van der Waals surface area contributed by atoms with E-state index in [-0.39, 0.29) is 5.82 Å². The summed E-state index contributed by atoms with van der Waals surface area (Å²) in [5, 5.41) is 15.4. The molecule has 0 radical (unpaired) electrons. The molecule has 1 N–H and O–H groups in total. The van der Waals surface area contributed by atoms with Gasteiger partial charge in [0, 0.05) is 26.7 Å². The highest BCUT2D eigenvalue weighted by Gasteiger charge is 2.23. The normalized spacial score (nSPS) is 12.1. The van der Waals surface area contributed by atoms with Crippen molar-refractivity contribution in [1.82, 2.24) is 14.7 Å². The van der Waals surface area contributed by atoms with Crippen molar-refractivity contribution in [3.63, 3.8) is 0 Å². The number of rotatable bonds is 14. The van der Waals surface area contributed by atoms with E-state index in [1.54, 1.807) is 23.9 Å². The second kappa shape index (κ2) is 13.0. The van der Waals surface area contributed by atoms with E-state index in [0.717, 1.165) is 23.4 Å². The van der Waals surface area contributed by atoms with Crippen molar-refractivity contribution in [2.24, 2.45) is 0 Å². The molecule has 0 amide bonds. The third-order valence-corrected chi connectivity index (χ3v) is 5.55. The monoisotopic (exact) mass is 467 g/mol. The van der Waals surface area contributed by atoms with E-state index in [1.165, 1.54) is 12.1 Å². The molecule has 3 rings (SSSR count). The number of aromatic nitrogens is 2. The first-order valence-corrected chi connectivity index (χ1v) is 11.7. The molecule has 3 aromatic rings. The van der Waals surface area contributed by atoms with Gasteiger partial charge in [0.25, 0.3) is 0 Å². The third-order valence-electron chi connectivity index (χ3n) is 5.55. The molecule has 0 aliphatic heterocycles. The highest BCUT2D eigenvalue weighted by atomic mass is 19.1. The van der Waals surface area contributed by atoms with Crippen LogP contribution in [0.3, 0.4) is 0 Å². The molecule has 0 spiro atoms. The minimum atomic E-state index is -0.481. The van der Waals surface area contributed by atoms with Gasteiger partial charge >= 0.3 is 0 Å². The molecule has 0 bridgehead atoms. The predicted octanol–water partition coefficient (Wildman–Crippen LogP) is 5.14. The van der Waals surface area contributed by atoms with E-state index < -0.39 is 6.10 Å². The highest BCUT2D eigenvalue weighted by molar-refractivity contribution is 5.43. The average Bonchev–Trinajstić information content (AvgIpc) is 3.20. The molecule has 1 atom stereocenters. The zero-order valence-corrected chi connectivity index (χ0v) is 20.0. The van der Waals surface area contributed by atoms with Gasteiger partial charge in [-0.3, -0.25) is 4.90 Å². The molecule has 182 valence electrons. The molecule has 7 heteroatoms. The van der Waals surface area contributed by atoms with Gasteiger partial charge in [0.05, 0.1) is 29.7 Å². The summed E-state index contributed by atoms with van der Waals surface area (Å²) in [5.74, 6) is 0.784. The molecule has 0 saturated carbocycles. The molecule has 1 heterocycles. The molecule has 34 heavy (non-hydrogen) atoms. The van der Waals surface area contributed by atoms with E-state index in [0.29, 0.717) is 50.7 Å². The van der Waals surface area contributed by atoms with Crippen molar-refractivity contribution in [3.8, 4) is 17.3 Å². The fourth-order valence-corrected chi connectivity index (χ4v) is 3.76. The Morgan fingerprint density at radius 2 is 1.91 bits per heavy atom. The largest absolute Gasteiger partial charge is 0.439 e. The number of benzene rings is 2. The van der Waals surface area contributed by atoms with Crippen LogP contribution in [0.25, 0.3) is 5.69 Å². The van der Waals surface area contributed by atoms with Gasteiger partial charge in [-0.1, -0.05) is 31.2 Å². The minimum Gasteiger partial charge on any atom is -0.439 e. The van der Waals surface area contributed by atoms with E-state index in [1.807, 2.05) is 36.4 Å². The molecular formula is C27H34FN3O3. The van der Waals surface area contributed by atoms with Crippen LogP contribution in [0.15, 0.2) is 67.3 Å². The topological polar surface area (TPSA) is 59.8 Å². The van der Waals surface area contributed by atoms with Crippen LogP contribution in [0.4, 0.5) is 4.39 Å². The van der Waals surface area contributed by atoms with Crippen LogP contribution in [0.1, 0.15) is 31.0 Å². The van der Waals surface area contributed by atoms with Gasteiger partial charge in [-0.2, -0.15) is 5.10 Å². The summed E-state index contributed by atoms with van der Waals surface area (Å²) >= 11 is 0. The first kappa shape index (κ1) is 25.6. The van der Waals surface area contributed by atoms with Gasteiger partial charge in [0.1, 0.15) is 11.6 Å². The Morgan fingerprint density at radius 1 is 1.18 bits per heavy atom. The summed E-state index contributed by atoms with van der Waals surface area (Å²) in [6.45, 7) is 8.01. The Bertz CT molecular complexity index is 1020. The molecule has 0 aliphatic carbocycles. The molecular weight excluding hydrogens is 433 g/mol. The number of allylic oxidation sites excluding steroid dienone is 1. The number of aliphatic hydroxyl groups excluding tert-OH is 1. The van der Waals surface area contributed by atoms with Gasteiger partial charge in [0.15, 0.2) is 0 Å². The average molecular weight is 468 g/mol. The molecule has 0 unspecified atom stereocenters. The number of hydrogen-bond acceptors (Lipinski definition) is 5. The van der Waals surface area contributed by atoms with Gasteiger partial charge in [0.2, 0.25) is 5.88 Å². The lowest BCUT2D eigenvalue weighted by Crippen LogP contribution is -2.34. The quantitative estimate of drug-likeness (QED) is 0.333. The van der Waals surface area contributed by atoms with E-state index >= 15 is 0 Å². The second-order valence-electron chi connectivity index (χ2n) is 8.14. The molecule has 0 fully saturated rings. The van der Waals surface area contributed by atoms with Crippen molar-refractivity contribution >= 4 is 0 Å². The van der Waals surface area contributed by atoms with Crippen LogP contribution in [0, 0.1) is 5.82 Å². The maximum Gasteiger partial charge on any atom is 0.227 e. The van der Waals surface area contributed by atoms with Crippen LogP contribution in [0.5, 0.6) is 11.6 Å². The molecule has 0 aliphatic rings. The van der Waals surface area contributed by atoms with Crippen molar-refractivity contribution in [3.05, 3.63) is 84.3 Å². The number of hydrogen-bond donors (Lipinski definition) is 1. The van der Waals surface area contributed by atoms with Crippen LogP contribution >= 0.6 is 0 Å². The number of halogens is 1. The van der Waals surface area contributed by atoms with Gasteiger partial charge in [-0.05, 0) is 55.7 Å². The Kier molecular flexibility index (Phi) is 9.82. The molecule has 0 saturated heterocycles.